The molecular formula is C18H27N3O2. The molecule has 1 heterocycles. The normalized spacial score (nSPS) is 21.3. The van der Waals surface area contributed by atoms with Gasteiger partial charge < -0.3 is 15.3 Å². The van der Waals surface area contributed by atoms with Gasteiger partial charge in [0.05, 0.1) is 0 Å². The van der Waals surface area contributed by atoms with Crippen LogP contribution in [0.3, 0.4) is 0 Å². The summed E-state index contributed by atoms with van der Waals surface area (Å²) < 4.78 is 0. The molecule has 1 saturated heterocycles. The second-order valence-electron chi connectivity index (χ2n) is 6.70. The molecule has 5 nitrogen and oxygen atoms in total. The van der Waals surface area contributed by atoms with Gasteiger partial charge in [-0.2, -0.15) is 0 Å². The molecule has 0 radical (unpaired) electrons. The number of urea groups is 1. The number of likely N-dealkylation sites (tertiary alicyclic amines) is 1. The molecule has 3 rings (SSSR count). The first-order valence-corrected chi connectivity index (χ1v) is 8.73. The number of likely N-dealkylation sites (N-methyl/N-ethyl adjacent to an activating group) is 1. The van der Waals surface area contributed by atoms with Crippen LogP contribution in [0.4, 0.5) is 4.79 Å². The van der Waals surface area contributed by atoms with Crippen molar-refractivity contribution in [3.63, 3.8) is 0 Å². The van der Waals surface area contributed by atoms with Crippen molar-refractivity contribution in [3.8, 4) is 5.75 Å². The number of nitrogens with zero attached hydrogens (tertiary/aromatic N) is 2. The van der Waals surface area contributed by atoms with Crippen LogP contribution in [0.2, 0.25) is 0 Å². The van der Waals surface area contributed by atoms with E-state index < -0.39 is 0 Å². The van der Waals surface area contributed by atoms with Crippen molar-refractivity contribution in [2.75, 3.05) is 19.6 Å². The van der Waals surface area contributed by atoms with E-state index in [9.17, 15) is 9.90 Å². The average Bonchev–Trinajstić information content (AvgIpc) is 3.24. The van der Waals surface area contributed by atoms with Crippen LogP contribution >= 0.6 is 0 Å². The maximum Gasteiger partial charge on any atom is 0.317 e. The molecule has 0 spiro atoms. The Morgan fingerprint density at radius 1 is 1.30 bits per heavy atom. The van der Waals surface area contributed by atoms with E-state index in [0.717, 1.165) is 44.5 Å². The van der Waals surface area contributed by atoms with Crippen molar-refractivity contribution in [2.24, 2.45) is 0 Å². The van der Waals surface area contributed by atoms with E-state index in [1.807, 2.05) is 17.0 Å². The summed E-state index contributed by atoms with van der Waals surface area (Å²) in [5.41, 5.74) is 1.05. The van der Waals surface area contributed by atoms with E-state index in [2.05, 4.69) is 17.1 Å². The molecule has 23 heavy (non-hydrogen) atoms. The van der Waals surface area contributed by atoms with Crippen molar-refractivity contribution in [2.45, 2.75) is 51.2 Å². The van der Waals surface area contributed by atoms with Crippen LogP contribution < -0.4 is 5.32 Å². The number of aromatic hydroxyl groups is 1. The minimum atomic E-state index is 0.0449. The van der Waals surface area contributed by atoms with Crippen molar-refractivity contribution in [1.29, 1.82) is 0 Å². The maximum atomic E-state index is 12.6. The minimum Gasteiger partial charge on any atom is -0.508 e. The first-order valence-electron chi connectivity index (χ1n) is 8.73. The highest BCUT2D eigenvalue weighted by Gasteiger charge is 2.30. The van der Waals surface area contributed by atoms with Crippen LogP contribution in [0.15, 0.2) is 24.3 Å². The topological polar surface area (TPSA) is 55.8 Å². The van der Waals surface area contributed by atoms with E-state index >= 15 is 0 Å². The third-order valence-electron chi connectivity index (χ3n) is 4.84. The van der Waals surface area contributed by atoms with E-state index in [0.29, 0.717) is 18.6 Å². The number of phenols is 1. The number of phenolic OH excluding ortho intramolecular Hbond substituents is 1. The highest BCUT2D eigenvalue weighted by molar-refractivity contribution is 5.75. The quantitative estimate of drug-likeness (QED) is 0.848. The average molecular weight is 317 g/mol. The number of carbonyl (C=O) groups excluding carboxylic acids is 1. The highest BCUT2D eigenvalue weighted by atomic mass is 16.3. The van der Waals surface area contributed by atoms with Crippen LogP contribution in [-0.4, -0.2) is 52.7 Å². The third-order valence-corrected chi connectivity index (χ3v) is 4.84. The second-order valence-corrected chi connectivity index (χ2v) is 6.70. The van der Waals surface area contributed by atoms with Gasteiger partial charge in [-0.05, 0) is 56.5 Å². The summed E-state index contributed by atoms with van der Waals surface area (Å²) >= 11 is 0. The number of benzene rings is 1. The molecule has 1 aliphatic carbocycles. The largest absolute Gasteiger partial charge is 0.508 e. The smallest absolute Gasteiger partial charge is 0.317 e. The summed E-state index contributed by atoms with van der Waals surface area (Å²) in [5, 5.41) is 12.5. The summed E-state index contributed by atoms with van der Waals surface area (Å²) in [6.07, 6.45) is 4.58. The summed E-state index contributed by atoms with van der Waals surface area (Å²) in [6.45, 7) is 5.73. The number of hydrogen-bond acceptors (Lipinski definition) is 3. The molecule has 0 aromatic heterocycles. The Morgan fingerprint density at radius 3 is 2.70 bits per heavy atom. The van der Waals surface area contributed by atoms with Gasteiger partial charge in [0.1, 0.15) is 5.75 Å². The van der Waals surface area contributed by atoms with E-state index in [4.69, 9.17) is 0 Å². The van der Waals surface area contributed by atoms with Crippen LogP contribution in [-0.2, 0) is 6.54 Å². The Kier molecular flexibility index (Phi) is 5.06. The highest BCUT2D eigenvalue weighted by Crippen LogP contribution is 2.22. The lowest BCUT2D eigenvalue weighted by Crippen LogP contribution is -2.47. The molecule has 2 amide bonds. The van der Waals surface area contributed by atoms with Crippen LogP contribution in [0.1, 0.15) is 38.2 Å². The van der Waals surface area contributed by atoms with Crippen molar-refractivity contribution < 1.29 is 9.90 Å². The third kappa shape index (κ3) is 4.38. The minimum absolute atomic E-state index is 0.0449. The zero-order chi connectivity index (χ0) is 16.2. The van der Waals surface area contributed by atoms with Crippen LogP contribution in [0.5, 0.6) is 5.75 Å². The molecule has 1 saturated carbocycles. The molecule has 0 bridgehead atoms. The predicted octanol–water partition coefficient (Wildman–Crippen LogP) is 2.55. The van der Waals surface area contributed by atoms with Gasteiger partial charge in [0.15, 0.2) is 0 Å². The molecule has 1 unspecified atom stereocenters. The number of hydrogen-bond donors (Lipinski definition) is 2. The molecule has 1 aromatic rings. The molecule has 2 N–H and O–H groups in total. The summed E-state index contributed by atoms with van der Waals surface area (Å²) in [4.78, 5) is 17.0. The molecular weight excluding hydrogens is 290 g/mol. The number of rotatable bonds is 6. The zero-order valence-corrected chi connectivity index (χ0v) is 13.9. The Morgan fingerprint density at radius 2 is 2.04 bits per heavy atom. The summed E-state index contributed by atoms with van der Waals surface area (Å²) in [7, 11) is 0. The van der Waals surface area contributed by atoms with Gasteiger partial charge in [0.2, 0.25) is 0 Å². The fourth-order valence-corrected chi connectivity index (χ4v) is 3.31. The fraction of sp³-hybridized carbons (Fsp3) is 0.611. The standard InChI is InChI=1S/C18H27N3O2/c1-2-20-11-3-4-16(20)13-21(18(23)19-15-7-8-15)12-14-5-9-17(22)10-6-14/h5-6,9-10,15-16,22H,2-4,7-8,11-13H2,1H3,(H,19,23). The Balaban J connectivity index is 1.67. The molecule has 1 atom stereocenters. The monoisotopic (exact) mass is 317 g/mol. The fourth-order valence-electron chi connectivity index (χ4n) is 3.31. The number of nitrogens with one attached hydrogen (secondary N) is 1. The lowest BCUT2D eigenvalue weighted by molar-refractivity contribution is 0.164. The lowest BCUT2D eigenvalue weighted by atomic mass is 10.1. The van der Waals surface area contributed by atoms with Gasteiger partial charge in [-0.3, -0.25) is 4.90 Å². The van der Waals surface area contributed by atoms with Gasteiger partial charge in [-0.25, -0.2) is 4.79 Å². The summed E-state index contributed by atoms with van der Waals surface area (Å²) in [6, 6.07) is 8.01. The molecule has 2 fully saturated rings. The van der Waals surface area contributed by atoms with Crippen LogP contribution in [0, 0.1) is 0 Å². The molecule has 1 aromatic carbocycles. The van der Waals surface area contributed by atoms with Gasteiger partial charge in [-0.1, -0.05) is 19.1 Å². The van der Waals surface area contributed by atoms with Gasteiger partial charge in [-0.15, -0.1) is 0 Å². The van der Waals surface area contributed by atoms with Crippen molar-refractivity contribution >= 4 is 6.03 Å². The van der Waals surface area contributed by atoms with Crippen molar-refractivity contribution in [3.05, 3.63) is 29.8 Å². The van der Waals surface area contributed by atoms with E-state index in [1.54, 1.807) is 12.1 Å². The molecule has 2 aliphatic rings. The van der Waals surface area contributed by atoms with E-state index in [-0.39, 0.29) is 11.8 Å². The van der Waals surface area contributed by atoms with Crippen molar-refractivity contribution in [1.82, 2.24) is 15.1 Å². The first-order chi connectivity index (χ1) is 11.2. The SMILES string of the molecule is CCN1CCCC1CN(Cc1ccc(O)cc1)C(=O)NC1CC1. The molecule has 5 heteroatoms. The predicted molar refractivity (Wildman–Crippen MR) is 90.3 cm³/mol. The maximum absolute atomic E-state index is 12.6. The molecule has 1 aliphatic heterocycles. The Hall–Kier alpha value is -1.75. The van der Waals surface area contributed by atoms with Gasteiger partial charge in [0, 0.05) is 25.2 Å². The van der Waals surface area contributed by atoms with E-state index in [1.165, 1.54) is 6.42 Å². The van der Waals surface area contributed by atoms with Gasteiger partial charge >= 0.3 is 6.03 Å². The summed E-state index contributed by atoms with van der Waals surface area (Å²) in [5.74, 6) is 0.260. The lowest BCUT2D eigenvalue weighted by Gasteiger charge is -2.30. The van der Waals surface area contributed by atoms with Crippen LogP contribution in [0.25, 0.3) is 0 Å². The molecule has 126 valence electrons. The van der Waals surface area contributed by atoms with Gasteiger partial charge in [0.25, 0.3) is 0 Å². The number of amides is 2. The Labute approximate surface area is 138 Å². The zero-order valence-electron chi connectivity index (χ0n) is 13.9. The number of carbonyl (C=O) groups is 1. The first kappa shape index (κ1) is 16.1. The second kappa shape index (κ2) is 7.21. The Bertz CT molecular complexity index is 528.